The van der Waals surface area contributed by atoms with E-state index in [0.717, 1.165) is 50.6 Å². The van der Waals surface area contributed by atoms with Crippen molar-refractivity contribution in [2.75, 3.05) is 40.0 Å². The standard InChI is InChI=1S/C27H35N5O3/c1-27(2,3)17-22(33)19-32-26(21-6-5-7-23(16-21)34-4)29-25(30-32)24-9-8-20(18-28-24)10-11-31-12-14-35-15-13-31/h5-9,16,18H,10-15,17,19H2,1-4H3. The first-order valence-corrected chi connectivity index (χ1v) is 12.2. The van der Waals surface area contributed by atoms with Crippen LogP contribution in [0.4, 0.5) is 0 Å². The third-order valence-electron chi connectivity index (χ3n) is 5.93. The van der Waals surface area contributed by atoms with E-state index >= 15 is 0 Å². The molecule has 1 fully saturated rings. The number of ether oxygens (including phenoxy) is 2. The van der Waals surface area contributed by atoms with Crippen LogP contribution < -0.4 is 4.74 Å². The molecule has 8 heteroatoms. The first-order chi connectivity index (χ1) is 16.8. The van der Waals surface area contributed by atoms with Gasteiger partial charge < -0.3 is 9.47 Å². The maximum absolute atomic E-state index is 12.8. The Morgan fingerprint density at radius 2 is 1.94 bits per heavy atom. The third-order valence-corrected chi connectivity index (χ3v) is 5.93. The Morgan fingerprint density at radius 3 is 2.63 bits per heavy atom. The van der Waals surface area contributed by atoms with Crippen LogP contribution in [-0.4, -0.2) is 70.4 Å². The van der Waals surface area contributed by atoms with Crippen molar-refractivity contribution in [3.05, 3.63) is 48.2 Å². The lowest BCUT2D eigenvalue weighted by Gasteiger charge is -2.26. The molecule has 0 bridgehead atoms. The molecule has 4 rings (SSSR count). The number of hydrogen-bond donors (Lipinski definition) is 0. The molecule has 2 aromatic heterocycles. The molecule has 3 heterocycles. The van der Waals surface area contributed by atoms with Gasteiger partial charge in [0, 0.05) is 37.8 Å². The molecule has 0 atom stereocenters. The highest BCUT2D eigenvalue weighted by Gasteiger charge is 2.21. The smallest absolute Gasteiger partial charge is 0.200 e. The molecule has 1 aliphatic heterocycles. The number of morpholine rings is 1. The Labute approximate surface area is 207 Å². The van der Waals surface area contributed by atoms with Crippen molar-refractivity contribution in [2.24, 2.45) is 5.41 Å². The van der Waals surface area contributed by atoms with Crippen LogP contribution in [0, 0.1) is 5.41 Å². The number of pyridine rings is 1. The minimum atomic E-state index is -0.0881. The monoisotopic (exact) mass is 477 g/mol. The normalized spacial score (nSPS) is 14.7. The lowest BCUT2D eigenvalue weighted by Crippen LogP contribution is -2.37. The fourth-order valence-electron chi connectivity index (χ4n) is 4.17. The number of Topliss-reactive ketones (excluding diaryl/α,β-unsaturated/α-hetero) is 1. The summed E-state index contributed by atoms with van der Waals surface area (Å²) in [5, 5.41) is 4.69. The molecule has 0 radical (unpaired) electrons. The molecular formula is C27H35N5O3. The van der Waals surface area contributed by atoms with E-state index in [0.29, 0.717) is 23.8 Å². The van der Waals surface area contributed by atoms with Crippen LogP contribution in [0.2, 0.25) is 0 Å². The van der Waals surface area contributed by atoms with Crippen molar-refractivity contribution >= 4 is 5.78 Å². The van der Waals surface area contributed by atoms with E-state index in [2.05, 4.69) is 36.7 Å². The highest BCUT2D eigenvalue weighted by atomic mass is 16.5. The quantitative estimate of drug-likeness (QED) is 0.462. The summed E-state index contributed by atoms with van der Waals surface area (Å²) in [4.78, 5) is 24.6. The predicted molar refractivity (Wildman–Crippen MR) is 135 cm³/mol. The molecule has 8 nitrogen and oxygen atoms in total. The fraction of sp³-hybridized carbons (Fsp3) is 0.481. The summed E-state index contributed by atoms with van der Waals surface area (Å²) < 4.78 is 12.5. The van der Waals surface area contributed by atoms with Gasteiger partial charge >= 0.3 is 0 Å². The van der Waals surface area contributed by atoms with Gasteiger partial charge in [-0.1, -0.05) is 39.0 Å². The topological polar surface area (TPSA) is 82.4 Å². The molecule has 0 aliphatic carbocycles. The first kappa shape index (κ1) is 25.0. The van der Waals surface area contributed by atoms with Crippen molar-refractivity contribution in [1.29, 1.82) is 0 Å². The molecule has 3 aromatic rings. The zero-order valence-corrected chi connectivity index (χ0v) is 21.2. The summed E-state index contributed by atoms with van der Waals surface area (Å²) in [5.74, 6) is 1.97. The minimum Gasteiger partial charge on any atom is -0.497 e. The van der Waals surface area contributed by atoms with Crippen molar-refractivity contribution in [3.8, 4) is 28.7 Å². The van der Waals surface area contributed by atoms with Gasteiger partial charge in [-0.05, 0) is 35.6 Å². The van der Waals surface area contributed by atoms with E-state index < -0.39 is 0 Å². The summed E-state index contributed by atoms with van der Waals surface area (Å²) in [5.41, 5.74) is 2.61. The number of aromatic nitrogens is 4. The van der Waals surface area contributed by atoms with Crippen molar-refractivity contribution in [2.45, 2.75) is 40.2 Å². The maximum Gasteiger partial charge on any atom is 0.200 e. The molecule has 1 aromatic carbocycles. The molecule has 1 aliphatic rings. The molecule has 0 unspecified atom stereocenters. The van der Waals surface area contributed by atoms with E-state index in [1.165, 1.54) is 5.56 Å². The number of ketones is 1. The van der Waals surface area contributed by atoms with E-state index in [9.17, 15) is 4.79 Å². The maximum atomic E-state index is 12.8. The Bertz CT molecular complexity index is 1130. The van der Waals surface area contributed by atoms with Gasteiger partial charge in [-0.15, -0.1) is 5.10 Å². The lowest BCUT2D eigenvalue weighted by atomic mass is 9.90. The summed E-state index contributed by atoms with van der Waals surface area (Å²) >= 11 is 0. The van der Waals surface area contributed by atoms with Crippen LogP contribution in [-0.2, 0) is 22.5 Å². The second-order valence-corrected chi connectivity index (χ2v) is 10.2. The van der Waals surface area contributed by atoms with Gasteiger partial charge in [0.2, 0.25) is 0 Å². The number of benzene rings is 1. The second-order valence-electron chi connectivity index (χ2n) is 10.2. The average Bonchev–Trinajstić information content (AvgIpc) is 3.26. The van der Waals surface area contributed by atoms with Gasteiger partial charge in [-0.3, -0.25) is 14.7 Å². The van der Waals surface area contributed by atoms with Gasteiger partial charge in [0.25, 0.3) is 0 Å². The van der Waals surface area contributed by atoms with Crippen LogP contribution in [0.5, 0.6) is 5.75 Å². The predicted octanol–water partition coefficient (Wildman–Crippen LogP) is 3.90. The number of rotatable bonds is 9. The van der Waals surface area contributed by atoms with Crippen LogP contribution in [0.1, 0.15) is 32.8 Å². The van der Waals surface area contributed by atoms with Crippen LogP contribution >= 0.6 is 0 Å². The number of carbonyl (C=O) groups excluding carboxylic acids is 1. The van der Waals surface area contributed by atoms with E-state index in [4.69, 9.17) is 19.6 Å². The van der Waals surface area contributed by atoms with Gasteiger partial charge in [0.15, 0.2) is 17.4 Å². The first-order valence-electron chi connectivity index (χ1n) is 12.2. The highest BCUT2D eigenvalue weighted by molar-refractivity contribution is 5.79. The molecular weight excluding hydrogens is 442 g/mol. The molecule has 1 saturated heterocycles. The third kappa shape index (κ3) is 6.96. The summed E-state index contributed by atoms with van der Waals surface area (Å²) in [6, 6.07) is 11.7. The van der Waals surface area contributed by atoms with Crippen LogP contribution in [0.15, 0.2) is 42.6 Å². The van der Waals surface area contributed by atoms with E-state index in [-0.39, 0.29) is 17.7 Å². The molecule has 0 spiro atoms. The zero-order chi connectivity index (χ0) is 24.8. The number of hydrogen-bond acceptors (Lipinski definition) is 7. The van der Waals surface area contributed by atoms with Crippen LogP contribution in [0.25, 0.3) is 22.9 Å². The Balaban J connectivity index is 1.56. The fourth-order valence-corrected chi connectivity index (χ4v) is 4.17. The summed E-state index contributed by atoms with van der Waals surface area (Å²) in [6.45, 7) is 10.9. The van der Waals surface area contributed by atoms with Gasteiger partial charge in [0.05, 0.1) is 20.3 Å². The average molecular weight is 478 g/mol. The van der Waals surface area contributed by atoms with Crippen molar-refractivity contribution < 1.29 is 14.3 Å². The second kappa shape index (κ2) is 11.1. The van der Waals surface area contributed by atoms with E-state index in [1.807, 2.05) is 36.5 Å². The number of methoxy groups -OCH3 is 1. The Morgan fingerprint density at radius 1 is 1.14 bits per heavy atom. The SMILES string of the molecule is COc1cccc(-c2nc(-c3ccc(CCN4CCOCC4)cn3)nn2CC(=O)CC(C)(C)C)c1. The van der Waals surface area contributed by atoms with Gasteiger partial charge in [-0.25, -0.2) is 9.67 Å². The molecule has 0 N–H and O–H groups in total. The number of carbonyl (C=O) groups is 1. The Hall–Kier alpha value is -3.10. The molecule has 35 heavy (non-hydrogen) atoms. The van der Waals surface area contributed by atoms with Gasteiger partial charge in [-0.2, -0.15) is 0 Å². The van der Waals surface area contributed by atoms with Crippen molar-refractivity contribution in [1.82, 2.24) is 24.6 Å². The molecule has 186 valence electrons. The minimum absolute atomic E-state index is 0.0881. The number of nitrogens with zero attached hydrogens (tertiary/aromatic N) is 5. The highest BCUT2D eigenvalue weighted by Crippen LogP contribution is 2.26. The largest absolute Gasteiger partial charge is 0.497 e. The van der Waals surface area contributed by atoms with E-state index in [1.54, 1.807) is 11.8 Å². The zero-order valence-electron chi connectivity index (χ0n) is 21.2. The van der Waals surface area contributed by atoms with Crippen molar-refractivity contribution in [3.63, 3.8) is 0 Å². The van der Waals surface area contributed by atoms with Gasteiger partial charge in [0.1, 0.15) is 18.0 Å². The Kier molecular flexibility index (Phi) is 7.93. The van der Waals surface area contributed by atoms with Crippen LogP contribution in [0.3, 0.4) is 0 Å². The summed E-state index contributed by atoms with van der Waals surface area (Å²) in [7, 11) is 1.63. The lowest BCUT2D eigenvalue weighted by molar-refractivity contribution is -0.121. The summed E-state index contributed by atoms with van der Waals surface area (Å²) in [6.07, 6.45) is 3.30. The molecule has 0 saturated carbocycles. The molecule has 0 amide bonds.